The van der Waals surface area contributed by atoms with Crippen LogP contribution in [-0.4, -0.2) is 35.3 Å². The SMILES string of the molecule is Cl.Cn1cc([C@H]2CNC[C@@H]2C(=O)N2CCc3cc(C(C)(C)C)ccc32)cn1. The van der Waals surface area contributed by atoms with Crippen LogP contribution >= 0.6 is 12.4 Å². The Hall–Kier alpha value is -1.85. The van der Waals surface area contributed by atoms with Gasteiger partial charge in [0, 0.05) is 44.5 Å². The first-order valence-corrected chi connectivity index (χ1v) is 9.48. The monoisotopic (exact) mass is 388 g/mol. The van der Waals surface area contributed by atoms with Crippen LogP contribution in [0.2, 0.25) is 0 Å². The number of carbonyl (C=O) groups excluding carboxylic acids is 1. The van der Waals surface area contributed by atoms with E-state index in [1.807, 2.05) is 29.0 Å². The number of nitrogens with one attached hydrogen (secondary N) is 1. The van der Waals surface area contributed by atoms with Crippen LogP contribution in [0.15, 0.2) is 30.6 Å². The lowest BCUT2D eigenvalue weighted by atomic mass is 9.86. The molecule has 5 nitrogen and oxygen atoms in total. The highest BCUT2D eigenvalue weighted by atomic mass is 35.5. The van der Waals surface area contributed by atoms with E-state index in [0.29, 0.717) is 0 Å². The van der Waals surface area contributed by atoms with Gasteiger partial charge in [-0.3, -0.25) is 9.48 Å². The maximum Gasteiger partial charge on any atom is 0.232 e. The first-order chi connectivity index (χ1) is 12.3. The smallest absolute Gasteiger partial charge is 0.232 e. The zero-order valence-corrected chi connectivity index (χ0v) is 17.3. The van der Waals surface area contributed by atoms with Crippen molar-refractivity contribution in [3.05, 3.63) is 47.3 Å². The minimum absolute atomic E-state index is 0. The van der Waals surface area contributed by atoms with Crippen LogP contribution in [0.3, 0.4) is 0 Å². The molecule has 0 aliphatic carbocycles. The number of fused-ring (bicyclic) bond motifs is 1. The average Bonchev–Trinajstić information content (AvgIpc) is 3.31. The molecule has 2 aromatic rings. The normalized spacial score (nSPS) is 21.9. The molecule has 1 aromatic heterocycles. The van der Waals surface area contributed by atoms with Gasteiger partial charge in [0.15, 0.2) is 0 Å². The molecular weight excluding hydrogens is 360 g/mol. The Morgan fingerprint density at radius 1 is 1.26 bits per heavy atom. The van der Waals surface area contributed by atoms with E-state index in [0.717, 1.165) is 37.3 Å². The van der Waals surface area contributed by atoms with Gasteiger partial charge in [-0.2, -0.15) is 5.10 Å². The van der Waals surface area contributed by atoms with Crippen LogP contribution in [0.25, 0.3) is 0 Å². The molecule has 6 heteroatoms. The number of aryl methyl sites for hydroxylation is 1. The van der Waals surface area contributed by atoms with Crippen LogP contribution in [0.5, 0.6) is 0 Å². The summed E-state index contributed by atoms with van der Waals surface area (Å²) in [6.45, 7) is 9.06. The molecule has 1 saturated heterocycles. The van der Waals surface area contributed by atoms with E-state index in [-0.39, 0.29) is 35.6 Å². The van der Waals surface area contributed by atoms with Crippen molar-refractivity contribution in [1.82, 2.24) is 15.1 Å². The fraction of sp³-hybridized carbons (Fsp3) is 0.524. The maximum atomic E-state index is 13.3. The molecule has 27 heavy (non-hydrogen) atoms. The molecule has 2 aliphatic rings. The highest BCUT2D eigenvalue weighted by Crippen LogP contribution is 2.36. The summed E-state index contributed by atoms with van der Waals surface area (Å²) in [5, 5.41) is 7.69. The van der Waals surface area contributed by atoms with E-state index >= 15 is 0 Å². The van der Waals surface area contributed by atoms with Gasteiger partial charge in [0.25, 0.3) is 0 Å². The summed E-state index contributed by atoms with van der Waals surface area (Å²) in [7, 11) is 1.92. The van der Waals surface area contributed by atoms with E-state index in [1.165, 1.54) is 11.1 Å². The van der Waals surface area contributed by atoms with Gasteiger partial charge >= 0.3 is 0 Å². The topological polar surface area (TPSA) is 50.2 Å². The van der Waals surface area contributed by atoms with Crippen molar-refractivity contribution in [2.75, 3.05) is 24.5 Å². The molecule has 0 spiro atoms. The minimum Gasteiger partial charge on any atom is -0.315 e. The second-order valence-electron chi connectivity index (χ2n) is 8.65. The van der Waals surface area contributed by atoms with Crippen molar-refractivity contribution in [3.8, 4) is 0 Å². The standard InChI is InChI=1S/C21H28N4O.ClH/c1-21(2,3)16-5-6-19-14(9-16)7-8-25(19)20(26)18-12-22-11-17(18)15-10-23-24(4)13-15;/h5-6,9-10,13,17-18,22H,7-8,11-12H2,1-4H3;1H/t17-,18+;/m1./s1. The summed E-state index contributed by atoms with van der Waals surface area (Å²) >= 11 is 0. The zero-order chi connectivity index (χ0) is 18.5. The van der Waals surface area contributed by atoms with Gasteiger partial charge in [-0.1, -0.05) is 32.9 Å². The lowest BCUT2D eigenvalue weighted by molar-refractivity contribution is -0.122. The molecule has 0 radical (unpaired) electrons. The van der Waals surface area contributed by atoms with Crippen molar-refractivity contribution >= 4 is 24.0 Å². The summed E-state index contributed by atoms with van der Waals surface area (Å²) in [6, 6.07) is 6.60. The molecule has 1 aromatic carbocycles. The van der Waals surface area contributed by atoms with Crippen molar-refractivity contribution < 1.29 is 4.79 Å². The van der Waals surface area contributed by atoms with E-state index in [1.54, 1.807) is 0 Å². The number of nitrogens with zero attached hydrogens (tertiary/aromatic N) is 3. The van der Waals surface area contributed by atoms with E-state index in [4.69, 9.17) is 0 Å². The van der Waals surface area contributed by atoms with Crippen molar-refractivity contribution in [2.45, 2.75) is 38.5 Å². The number of carbonyl (C=O) groups is 1. The predicted octanol–water partition coefficient (Wildman–Crippen LogP) is 3.03. The van der Waals surface area contributed by atoms with Gasteiger partial charge < -0.3 is 10.2 Å². The number of hydrogen-bond donors (Lipinski definition) is 1. The summed E-state index contributed by atoms with van der Waals surface area (Å²) in [6.07, 6.45) is 4.87. The van der Waals surface area contributed by atoms with E-state index in [9.17, 15) is 4.79 Å². The molecule has 3 heterocycles. The third kappa shape index (κ3) is 3.63. The number of aromatic nitrogens is 2. The highest BCUT2D eigenvalue weighted by molar-refractivity contribution is 5.98. The van der Waals surface area contributed by atoms with Gasteiger partial charge in [-0.15, -0.1) is 12.4 Å². The van der Waals surface area contributed by atoms with Crippen molar-refractivity contribution in [1.29, 1.82) is 0 Å². The Bertz CT molecular complexity index is 839. The molecule has 1 amide bonds. The second-order valence-corrected chi connectivity index (χ2v) is 8.65. The molecule has 4 rings (SSSR count). The Morgan fingerprint density at radius 3 is 2.70 bits per heavy atom. The van der Waals surface area contributed by atoms with Crippen LogP contribution in [0, 0.1) is 5.92 Å². The number of hydrogen-bond acceptors (Lipinski definition) is 3. The first kappa shape index (κ1) is 19.9. The first-order valence-electron chi connectivity index (χ1n) is 9.48. The summed E-state index contributed by atoms with van der Waals surface area (Å²) < 4.78 is 1.81. The van der Waals surface area contributed by atoms with Gasteiger partial charge in [-0.05, 0) is 34.6 Å². The Morgan fingerprint density at radius 2 is 2.04 bits per heavy atom. The average molecular weight is 389 g/mol. The van der Waals surface area contributed by atoms with Gasteiger partial charge in [0.05, 0.1) is 12.1 Å². The molecule has 1 fully saturated rings. The largest absolute Gasteiger partial charge is 0.315 e. The van der Waals surface area contributed by atoms with Crippen LogP contribution in [-0.2, 0) is 23.7 Å². The molecule has 0 bridgehead atoms. The third-order valence-corrected chi connectivity index (χ3v) is 5.79. The molecule has 2 aliphatic heterocycles. The highest BCUT2D eigenvalue weighted by Gasteiger charge is 2.39. The second kappa shape index (κ2) is 7.28. The lowest BCUT2D eigenvalue weighted by Gasteiger charge is -2.25. The van der Waals surface area contributed by atoms with Gasteiger partial charge in [-0.25, -0.2) is 0 Å². The minimum atomic E-state index is -0.0209. The molecule has 146 valence electrons. The Balaban J connectivity index is 0.00000210. The van der Waals surface area contributed by atoms with E-state index in [2.05, 4.69) is 49.4 Å². The zero-order valence-electron chi connectivity index (χ0n) is 16.5. The molecule has 1 N–H and O–H groups in total. The van der Waals surface area contributed by atoms with Crippen LogP contribution in [0.4, 0.5) is 5.69 Å². The number of benzene rings is 1. The summed E-state index contributed by atoms with van der Waals surface area (Å²) in [4.78, 5) is 15.3. The van der Waals surface area contributed by atoms with Crippen LogP contribution in [0.1, 0.15) is 43.4 Å². The molecule has 0 saturated carbocycles. The maximum absolute atomic E-state index is 13.3. The van der Waals surface area contributed by atoms with Crippen molar-refractivity contribution in [2.24, 2.45) is 13.0 Å². The Kier molecular flexibility index (Phi) is 5.37. The summed E-state index contributed by atoms with van der Waals surface area (Å²) in [5.74, 6) is 0.424. The quantitative estimate of drug-likeness (QED) is 0.860. The van der Waals surface area contributed by atoms with E-state index < -0.39 is 0 Å². The lowest BCUT2D eigenvalue weighted by Crippen LogP contribution is -2.37. The fourth-order valence-corrected chi connectivity index (χ4v) is 4.22. The Labute approximate surface area is 167 Å². The van der Waals surface area contributed by atoms with Crippen LogP contribution < -0.4 is 10.2 Å². The predicted molar refractivity (Wildman–Crippen MR) is 111 cm³/mol. The number of rotatable bonds is 2. The van der Waals surface area contributed by atoms with Gasteiger partial charge in [0.2, 0.25) is 5.91 Å². The molecular formula is C21H29ClN4O. The summed E-state index contributed by atoms with van der Waals surface area (Å²) in [5.41, 5.74) is 5.02. The number of halogens is 1. The fourth-order valence-electron chi connectivity index (χ4n) is 4.22. The number of amides is 1. The van der Waals surface area contributed by atoms with Gasteiger partial charge in [0.1, 0.15) is 0 Å². The number of anilines is 1. The molecule has 2 atom stereocenters. The third-order valence-electron chi connectivity index (χ3n) is 5.79. The van der Waals surface area contributed by atoms with Crippen molar-refractivity contribution in [3.63, 3.8) is 0 Å². The molecule has 0 unspecified atom stereocenters.